The van der Waals surface area contributed by atoms with E-state index in [4.69, 9.17) is 25.8 Å². The first-order valence-corrected chi connectivity index (χ1v) is 17.3. The van der Waals surface area contributed by atoms with E-state index >= 15 is 0 Å². The molecule has 2 aliphatic rings. The summed E-state index contributed by atoms with van der Waals surface area (Å²) in [4.78, 5) is 25.3. The number of rotatable bonds is 10. The molecule has 1 amide bonds. The SMILES string of the molecule is COc1cc(N2CCOCC2)ccc1Nc1ncc(Cl)c(Nc2ccccc2S(=O)(=O)N2CCN(C(=O)OCc3ccccc3)CC2)n1. The number of benzene rings is 3. The highest BCUT2D eigenvalue weighted by atomic mass is 35.5. The van der Waals surface area contributed by atoms with Crippen molar-refractivity contribution < 1.29 is 27.4 Å². The first-order chi connectivity index (χ1) is 23.3. The van der Waals surface area contributed by atoms with E-state index in [1.807, 2.05) is 48.5 Å². The number of carbonyl (C=O) groups is 1. The van der Waals surface area contributed by atoms with Crippen molar-refractivity contribution in [2.75, 3.05) is 75.1 Å². The molecular weight excluding hydrogens is 658 g/mol. The Bertz CT molecular complexity index is 1840. The zero-order chi connectivity index (χ0) is 33.5. The molecule has 0 unspecified atom stereocenters. The molecule has 1 aromatic heterocycles. The molecule has 2 saturated heterocycles. The van der Waals surface area contributed by atoms with Crippen LogP contribution in [0, 0.1) is 0 Å². The van der Waals surface area contributed by atoms with Crippen molar-refractivity contribution >= 4 is 56.5 Å². The Morgan fingerprint density at radius 2 is 1.65 bits per heavy atom. The maximum absolute atomic E-state index is 13.8. The molecule has 0 aliphatic carbocycles. The fourth-order valence-electron chi connectivity index (χ4n) is 5.42. The second kappa shape index (κ2) is 15.1. The molecule has 3 heterocycles. The number of piperazine rings is 1. The Balaban J connectivity index is 1.13. The number of halogens is 1. The third-order valence-corrected chi connectivity index (χ3v) is 10.2. The lowest BCUT2D eigenvalue weighted by molar-refractivity contribution is 0.0838. The standard InChI is InChI=1S/C33H36ClN7O6S/c1-45-29-21-25(39-17-19-46-20-18-39)11-12-27(29)37-32-35-22-26(34)31(38-32)36-28-9-5-6-10-30(28)48(43,44)41-15-13-40(14-16-41)33(42)47-23-24-7-3-2-4-8-24/h2-12,21-22H,13-20,23H2,1H3,(H2,35,36,37,38). The molecule has 0 spiro atoms. The minimum Gasteiger partial charge on any atom is -0.494 e. The average molecular weight is 694 g/mol. The van der Waals surface area contributed by atoms with Gasteiger partial charge in [0.25, 0.3) is 0 Å². The number of ether oxygens (including phenoxy) is 3. The molecule has 0 saturated carbocycles. The third kappa shape index (κ3) is 7.73. The van der Waals surface area contributed by atoms with Crippen LogP contribution in [0.1, 0.15) is 5.56 Å². The molecule has 13 nitrogen and oxygen atoms in total. The number of anilines is 5. The second-order valence-electron chi connectivity index (χ2n) is 11.1. The maximum Gasteiger partial charge on any atom is 0.410 e. The van der Waals surface area contributed by atoms with Gasteiger partial charge in [-0.15, -0.1) is 0 Å². The van der Waals surface area contributed by atoms with Gasteiger partial charge in [0.15, 0.2) is 5.82 Å². The van der Waals surface area contributed by atoms with Crippen LogP contribution < -0.4 is 20.3 Å². The fourth-order valence-corrected chi connectivity index (χ4v) is 7.13. The van der Waals surface area contributed by atoms with E-state index in [-0.39, 0.29) is 54.5 Å². The zero-order valence-corrected chi connectivity index (χ0v) is 27.9. The zero-order valence-electron chi connectivity index (χ0n) is 26.3. The number of hydrogen-bond acceptors (Lipinski definition) is 11. The highest BCUT2D eigenvalue weighted by Crippen LogP contribution is 2.34. The number of nitrogens with zero attached hydrogens (tertiary/aromatic N) is 5. The third-order valence-electron chi connectivity index (χ3n) is 8.01. The summed E-state index contributed by atoms with van der Waals surface area (Å²) in [5.74, 6) is 1.05. The van der Waals surface area contributed by atoms with Crippen molar-refractivity contribution in [3.63, 3.8) is 0 Å². The van der Waals surface area contributed by atoms with Gasteiger partial charge < -0.3 is 34.6 Å². The molecule has 2 fully saturated rings. The van der Waals surface area contributed by atoms with Gasteiger partial charge in [-0.2, -0.15) is 9.29 Å². The van der Waals surface area contributed by atoms with Crippen molar-refractivity contribution in [3.8, 4) is 5.75 Å². The second-order valence-corrected chi connectivity index (χ2v) is 13.4. The van der Waals surface area contributed by atoms with E-state index in [1.54, 1.807) is 25.3 Å². The fraction of sp³-hybridized carbons (Fsp3) is 0.303. The number of methoxy groups -OCH3 is 1. The topological polar surface area (TPSA) is 138 Å². The van der Waals surface area contributed by atoms with Crippen molar-refractivity contribution in [1.29, 1.82) is 0 Å². The number of carbonyl (C=O) groups excluding carboxylic acids is 1. The van der Waals surface area contributed by atoms with Gasteiger partial charge in [-0.1, -0.05) is 54.1 Å². The lowest BCUT2D eigenvalue weighted by atomic mass is 10.2. The smallest absolute Gasteiger partial charge is 0.410 e. The van der Waals surface area contributed by atoms with Crippen LogP contribution in [0.2, 0.25) is 5.02 Å². The summed E-state index contributed by atoms with van der Waals surface area (Å²) in [6, 6.07) is 21.7. The summed E-state index contributed by atoms with van der Waals surface area (Å²) < 4.78 is 45.6. The molecule has 4 aromatic rings. The Labute approximate surface area is 284 Å². The van der Waals surface area contributed by atoms with Gasteiger partial charge in [0, 0.05) is 51.0 Å². The number of para-hydroxylation sites is 1. The van der Waals surface area contributed by atoms with Gasteiger partial charge >= 0.3 is 6.09 Å². The van der Waals surface area contributed by atoms with Gasteiger partial charge in [-0.3, -0.25) is 0 Å². The number of morpholine rings is 1. The monoisotopic (exact) mass is 693 g/mol. The average Bonchev–Trinajstić information content (AvgIpc) is 3.13. The largest absolute Gasteiger partial charge is 0.494 e. The van der Waals surface area contributed by atoms with Crippen LogP contribution in [0.25, 0.3) is 0 Å². The lowest BCUT2D eigenvalue weighted by Gasteiger charge is -2.33. The molecule has 0 bridgehead atoms. The van der Waals surface area contributed by atoms with Crippen LogP contribution in [0.15, 0.2) is 83.9 Å². The van der Waals surface area contributed by atoms with Crippen molar-refractivity contribution in [2.45, 2.75) is 11.5 Å². The van der Waals surface area contributed by atoms with Gasteiger partial charge in [0.05, 0.1) is 37.9 Å². The van der Waals surface area contributed by atoms with Crippen LogP contribution in [-0.2, 0) is 26.1 Å². The number of nitrogens with one attached hydrogen (secondary N) is 2. The minimum absolute atomic E-state index is 0.0506. The summed E-state index contributed by atoms with van der Waals surface area (Å²) in [6.45, 7) is 3.71. The summed E-state index contributed by atoms with van der Waals surface area (Å²) >= 11 is 6.48. The summed E-state index contributed by atoms with van der Waals surface area (Å²) in [5.41, 5.74) is 2.83. The van der Waals surface area contributed by atoms with Crippen LogP contribution in [0.3, 0.4) is 0 Å². The van der Waals surface area contributed by atoms with E-state index in [2.05, 4.69) is 25.5 Å². The van der Waals surface area contributed by atoms with Crippen molar-refractivity contribution in [2.24, 2.45) is 0 Å². The Morgan fingerprint density at radius 3 is 2.40 bits per heavy atom. The van der Waals surface area contributed by atoms with Crippen LogP contribution in [0.4, 0.5) is 33.6 Å². The molecule has 15 heteroatoms. The van der Waals surface area contributed by atoms with Crippen LogP contribution >= 0.6 is 11.6 Å². The molecule has 0 radical (unpaired) electrons. The highest BCUT2D eigenvalue weighted by Gasteiger charge is 2.32. The van der Waals surface area contributed by atoms with E-state index < -0.39 is 16.1 Å². The quantitative estimate of drug-likeness (QED) is 0.229. The molecule has 2 aliphatic heterocycles. The first kappa shape index (κ1) is 33.3. The molecule has 2 N–H and O–H groups in total. The number of amides is 1. The molecule has 48 heavy (non-hydrogen) atoms. The van der Waals surface area contributed by atoms with Crippen molar-refractivity contribution in [1.82, 2.24) is 19.2 Å². The predicted molar refractivity (Wildman–Crippen MR) is 183 cm³/mol. The van der Waals surface area contributed by atoms with Gasteiger partial charge in [0.1, 0.15) is 22.3 Å². The lowest BCUT2D eigenvalue weighted by Crippen LogP contribution is -2.50. The molecule has 0 atom stereocenters. The van der Waals surface area contributed by atoms with Crippen molar-refractivity contribution in [3.05, 3.63) is 89.6 Å². The van der Waals surface area contributed by atoms with E-state index in [1.165, 1.54) is 21.5 Å². The Kier molecular flexibility index (Phi) is 10.4. The Morgan fingerprint density at radius 1 is 0.917 bits per heavy atom. The number of aromatic nitrogens is 2. The Hall–Kier alpha value is -4.63. The minimum atomic E-state index is -3.95. The van der Waals surface area contributed by atoms with Gasteiger partial charge in [0.2, 0.25) is 16.0 Å². The maximum atomic E-state index is 13.8. The summed E-state index contributed by atoms with van der Waals surface area (Å²) in [6.07, 6.45) is 0.951. The molecule has 6 rings (SSSR count). The molecule has 3 aromatic carbocycles. The predicted octanol–water partition coefficient (Wildman–Crippen LogP) is 5.11. The molecule has 252 valence electrons. The van der Waals surface area contributed by atoms with Gasteiger partial charge in [-0.25, -0.2) is 18.2 Å². The van der Waals surface area contributed by atoms with Gasteiger partial charge in [-0.05, 0) is 29.8 Å². The molecular formula is C33H36ClN7O6S. The number of sulfonamides is 1. The summed E-state index contributed by atoms with van der Waals surface area (Å²) in [5, 5.41) is 6.47. The van der Waals surface area contributed by atoms with E-state index in [0.29, 0.717) is 30.3 Å². The van der Waals surface area contributed by atoms with Crippen LogP contribution in [0.5, 0.6) is 5.75 Å². The van der Waals surface area contributed by atoms with E-state index in [9.17, 15) is 13.2 Å². The van der Waals surface area contributed by atoms with E-state index in [0.717, 1.165) is 24.3 Å². The first-order valence-electron chi connectivity index (χ1n) is 15.4. The normalized spacial score (nSPS) is 15.5. The highest BCUT2D eigenvalue weighted by molar-refractivity contribution is 7.89. The summed E-state index contributed by atoms with van der Waals surface area (Å²) in [7, 11) is -2.36. The number of hydrogen-bond donors (Lipinski definition) is 2. The van der Waals surface area contributed by atoms with Crippen LogP contribution in [-0.4, -0.2) is 93.3 Å².